The van der Waals surface area contributed by atoms with E-state index in [9.17, 15) is 9.59 Å². The van der Waals surface area contributed by atoms with E-state index in [-0.39, 0.29) is 17.4 Å². The molecular formula is C9H9BrN2O3S. The molecule has 5 nitrogen and oxygen atoms in total. The maximum Gasteiger partial charge on any atom is 0.313 e. The molecule has 0 spiro atoms. The highest BCUT2D eigenvalue weighted by Crippen LogP contribution is 2.19. The van der Waals surface area contributed by atoms with Gasteiger partial charge in [0.1, 0.15) is 0 Å². The number of carboxylic acids is 1. The fraction of sp³-hybridized carbons (Fsp3) is 0.222. The molecule has 1 rings (SSSR count). The quantitative estimate of drug-likeness (QED) is 0.864. The molecule has 0 aliphatic carbocycles. The zero-order valence-electron chi connectivity index (χ0n) is 8.14. The molecule has 16 heavy (non-hydrogen) atoms. The molecule has 0 aromatic carbocycles. The highest BCUT2D eigenvalue weighted by molar-refractivity contribution is 9.10. The minimum Gasteiger partial charge on any atom is -0.481 e. The van der Waals surface area contributed by atoms with Gasteiger partial charge >= 0.3 is 5.97 Å². The van der Waals surface area contributed by atoms with Crippen molar-refractivity contribution in [3.8, 4) is 0 Å². The average Bonchev–Trinajstić information content (AvgIpc) is 2.21. The lowest BCUT2D eigenvalue weighted by Crippen LogP contribution is -2.15. The Morgan fingerprint density at radius 3 is 2.88 bits per heavy atom. The lowest BCUT2D eigenvalue weighted by molar-refractivity contribution is -0.133. The van der Waals surface area contributed by atoms with Gasteiger partial charge in [-0.15, -0.1) is 11.8 Å². The summed E-state index contributed by atoms with van der Waals surface area (Å²) in [5.74, 6) is -1.13. The van der Waals surface area contributed by atoms with Crippen molar-refractivity contribution >= 4 is 45.3 Å². The average molecular weight is 305 g/mol. The number of hydrogen-bond donors (Lipinski definition) is 2. The summed E-state index contributed by atoms with van der Waals surface area (Å²) in [5.41, 5.74) is 0.621. The van der Waals surface area contributed by atoms with Crippen molar-refractivity contribution in [3.63, 3.8) is 0 Å². The van der Waals surface area contributed by atoms with Crippen LogP contribution in [0, 0.1) is 0 Å². The number of halogens is 1. The Morgan fingerprint density at radius 1 is 1.50 bits per heavy atom. The van der Waals surface area contributed by atoms with E-state index in [0.29, 0.717) is 10.2 Å². The van der Waals surface area contributed by atoms with E-state index in [1.807, 2.05) is 0 Å². The molecule has 0 bridgehead atoms. The molecule has 0 aliphatic heterocycles. The van der Waals surface area contributed by atoms with Crippen LogP contribution in [-0.4, -0.2) is 33.5 Å². The number of thioether (sulfide) groups is 1. The van der Waals surface area contributed by atoms with E-state index in [2.05, 4.69) is 26.2 Å². The number of amides is 1. The van der Waals surface area contributed by atoms with Crippen molar-refractivity contribution in [3.05, 3.63) is 22.9 Å². The highest BCUT2D eigenvalue weighted by Gasteiger charge is 2.06. The summed E-state index contributed by atoms with van der Waals surface area (Å²) in [5, 5.41) is 11.0. The standard InChI is InChI=1S/C9H9BrN2O3S/c10-6-3-11-2-1-7(6)12-8(13)4-16-5-9(14)15/h1-3H,4-5H2,(H,14,15)(H,11,12,13). The first kappa shape index (κ1) is 13.0. The van der Waals surface area contributed by atoms with Crippen LogP contribution in [0.4, 0.5) is 5.69 Å². The summed E-state index contributed by atoms with van der Waals surface area (Å²) in [6.07, 6.45) is 3.13. The molecular weight excluding hydrogens is 296 g/mol. The van der Waals surface area contributed by atoms with Gasteiger partial charge < -0.3 is 10.4 Å². The summed E-state index contributed by atoms with van der Waals surface area (Å²) in [4.78, 5) is 25.5. The van der Waals surface area contributed by atoms with Crippen LogP contribution < -0.4 is 5.32 Å². The van der Waals surface area contributed by atoms with Crippen LogP contribution >= 0.6 is 27.7 Å². The van der Waals surface area contributed by atoms with Crippen LogP contribution in [0.2, 0.25) is 0 Å². The van der Waals surface area contributed by atoms with Gasteiger partial charge in [-0.2, -0.15) is 0 Å². The van der Waals surface area contributed by atoms with Gasteiger partial charge in [0, 0.05) is 12.4 Å². The number of aliphatic carboxylic acids is 1. The number of hydrogen-bond acceptors (Lipinski definition) is 4. The first-order valence-corrected chi connectivity index (χ1v) is 6.23. The third-order valence-electron chi connectivity index (χ3n) is 1.51. The fourth-order valence-corrected chi connectivity index (χ4v) is 1.78. The van der Waals surface area contributed by atoms with E-state index in [4.69, 9.17) is 5.11 Å². The van der Waals surface area contributed by atoms with Crippen molar-refractivity contribution in [2.45, 2.75) is 0 Å². The van der Waals surface area contributed by atoms with Crippen LogP contribution in [0.3, 0.4) is 0 Å². The lowest BCUT2D eigenvalue weighted by atomic mass is 10.4. The van der Waals surface area contributed by atoms with Gasteiger partial charge in [0.25, 0.3) is 0 Å². The first-order valence-electron chi connectivity index (χ1n) is 4.28. The molecule has 0 aliphatic rings. The SMILES string of the molecule is O=C(O)CSCC(=O)Nc1ccncc1Br. The number of rotatable bonds is 5. The Labute approximate surface area is 105 Å². The van der Waals surface area contributed by atoms with Crippen LogP contribution in [0.1, 0.15) is 0 Å². The minimum absolute atomic E-state index is 0.0784. The van der Waals surface area contributed by atoms with Gasteiger partial charge in [-0.05, 0) is 22.0 Å². The summed E-state index contributed by atoms with van der Waals surface area (Å²) in [6, 6.07) is 1.66. The molecule has 7 heteroatoms. The largest absolute Gasteiger partial charge is 0.481 e. The summed E-state index contributed by atoms with van der Waals surface area (Å²) in [7, 11) is 0. The number of anilines is 1. The fourth-order valence-electron chi connectivity index (χ4n) is 0.894. The van der Waals surface area contributed by atoms with Gasteiger partial charge in [0.15, 0.2) is 0 Å². The Kier molecular flexibility index (Phi) is 5.27. The number of pyridine rings is 1. The molecule has 1 heterocycles. The normalized spacial score (nSPS) is 9.81. The van der Waals surface area contributed by atoms with Crippen LogP contribution in [-0.2, 0) is 9.59 Å². The van der Waals surface area contributed by atoms with Crippen molar-refractivity contribution in [2.24, 2.45) is 0 Å². The second-order valence-electron chi connectivity index (χ2n) is 2.79. The van der Waals surface area contributed by atoms with Crippen molar-refractivity contribution < 1.29 is 14.7 Å². The van der Waals surface area contributed by atoms with Crippen LogP contribution in [0.15, 0.2) is 22.9 Å². The predicted octanol–water partition coefficient (Wildman–Crippen LogP) is 1.60. The van der Waals surface area contributed by atoms with Crippen molar-refractivity contribution in [1.82, 2.24) is 4.98 Å². The van der Waals surface area contributed by atoms with E-state index < -0.39 is 5.97 Å². The maximum atomic E-state index is 11.4. The predicted molar refractivity (Wildman–Crippen MR) is 65.5 cm³/mol. The lowest BCUT2D eigenvalue weighted by Gasteiger charge is -2.05. The number of carbonyl (C=O) groups is 2. The molecule has 0 saturated carbocycles. The van der Waals surface area contributed by atoms with Gasteiger partial charge in [0.05, 0.1) is 21.7 Å². The molecule has 2 N–H and O–H groups in total. The number of carboxylic acid groups (broad SMARTS) is 1. The molecule has 1 aromatic heterocycles. The van der Waals surface area contributed by atoms with Crippen molar-refractivity contribution in [1.29, 1.82) is 0 Å². The Morgan fingerprint density at radius 2 is 2.25 bits per heavy atom. The molecule has 1 amide bonds. The Balaban J connectivity index is 2.40. The monoisotopic (exact) mass is 304 g/mol. The molecule has 0 atom stereocenters. The number of carbonyl (C=O) groups excluding carboxylic acids is 1. The van der Waals surface area contributed by atoms with Crippen LogP contribution in [0.25, 0.3) is 0 Å². The maximum absolute atomic E-state index is 11.4. The molecule has 86 valence electrons. The molecule has 0 saturated heterocycles. The van der Waals surface area contributed by atoms with E-state index in [1.165, 1.54) is 0 Å². The third-order valence-corrected chi connectivity index (χ3v) is 3.05. The van der Waals surface area contributed by atoms with Gasteiger partial charge in [-0.3, -0.25) is 14.6 Å². The molecule has 1 aromatic rings. The number of nitrogens with zero attached hydrogens (tertiary/aromatic N) is 1. The highest BCUT2D eigenvalue weighted by atomic mass is 79.9. The summed E-state index contributed by atoms with van der Waals surface area (Å²) >= 11 is 4.29. The Hall–Kier alpha value is -1.08. The number of aromatic nitrogens is 1. The molecule has 0 fully saturated rings. The second-order valence-corrected chi connectivity index (χ2v) is 4.63. The smallest absolute Gasteiger partial charge is 0.313 e. The van der Waals surface area contributed by atoms with Crippen LogP contribution in [0.5, 0.6) is 0 Å². The van der Waals surface area contributed by atoms with Gasteiger partial charge in [-0.25, -0.2) is 0 Å². The minimum atomic E-state index is -0.928. The topological polar surface area (TPSA) is 79.3 Å². The third kappa shape index (κ3) is 4.63. The van der Waals surface area contributed by atoms with E-state index >= 15 is 0 Å². The second kappa shape index (κ2) is 6.49. The zero-order chi connectivity index (χ0) is 12.0. The number of nitrogens with one attached hydrogen (secondary N) is 1. The zero-order valence-corrected chi connectivity index (χ0v) is 10.5. The summed E-state index contributed by atoms with van der Waals surface area (Å²) in [6.45, 7) is 0. The van der Waals surface area contributed by atoms with E-state index in [1.54, 1.807) is 18.5 Å². The molecule has 0 unspecified atom stereocenters. The van der Waals surface area contributed by atoms with Crippen molar-refractivity contribution in [2.75, 3.05) is 16.8 Å². The van der Waals surface area contributed by atoms with Gasteiger partial charge in [0.2, 0.25) is 5.91 Å². The van der Waals surface area contributed by atoms with E-state index in [0.717, 1.165) is 11.8 Å². The Bertz CT molecular complexity index is 400. The first-order chi connectivity index (χ1) is 7.59. The molecule has 0 radical (unpaired) electrons. The summed E-state index contributed by atoms with van der Waals surface area (Å²) < 4.78 is 0.687. The van der Waals surface area contributed by atoms with Gasteiger partial charge in [-0.1, -0.05) is 0 Å².